The van der Waals surface area contributed by atoms with Crippen molar-refractivity contribution in [2.75, 3.05) is 0 Å². The molecular formula is C10H8Br2O3. The maximum absolute atomic E-state index is 11.1. The highest BCUT2D eigenvalue weighted by atomic mass is 79.9. The Morgan fingerprint density at radius 1 is 1.33 bits per heavy atom. The number of aliphatic carboxylic acids is 1. The van der Waals surface area contributed by atoms with Gasteiger partial charge < -0.3 is 10.2 Å². The lowest BCUT2D eigenvalue weighted by Crippen LogP contribution is -2.19. The molecule has 0 amide bonds. The number of phenols is 1. The summed E-state index contributed by atoms with van der Waals surface area (Å²) < 4.78 is 1.27. The first-order chi connectivity index (χ1) is 6.97. The molecule has 0 aliphatic heterocycles. The van der Waals surface area contributed by atoms with Crippen LogP contribution < -0.4 is 0 Å². The fourth-order valence-electron chi connectivity index (χ4n) is 1.65. The minimum absolute atomic E-state index is 0.0260. The molecule has 1 aliphatic carbocycles. The Hall–Kier alpha value is -0.550. The summed E-state index contributed by atoms with van der Waals surface area (Å²) in [6, 6.07) is 3.36. The Morgan fingerprint density at radius 3 is 2.40 bits per heavy atom. The molecule has 0 bridgehead atoms. The van der Waals surface area contributed by atoms with E-state index in [4.69, 9.17) is 5.11 Å². The van der Waals surface area contributed by atoms with Gasteiger partial charge in [0.1, 0.15) is 5.75 Å². The van der Waals surface area contributed by atoms with Gasteiger partial charge in [-0.1, -0.05) is 15.9 Å². The fourth-order valence-corrected chi connectivity index (χ4v) is 2.88. The molecule has 0 atom stereocenters. The van der Waals surface area contributed by atoms with Crippen molar-refractivity contribution >= 4 is 37.8 Å². The lowest BCUT2D eigenvalue weighted by Gasteiger charge is -2.13. The third kappa shape index (κ3) is 1.67. The van der Waals surface area contributed by atoms with E-state index in [2.05, 4.69) is 31.9 Å². The molecule has 80 valence electrons. The minimum atomic E-state index is -0.879. The Balaban J connectivity index is 2.58. The normalized spacial score (nSPS) is 17.5. The van der Waals surface area contributed by atoms with Crippen LogP contribution in [0.15, 0.2) is 21.1 Å². The van der Waals surface area contributed by atoms with Crippen LogP contribution in [-0.4, -0.2) is 16.2 Å². The number of halogens is 2. The molecule has 1 aliphatic rings. The van der Waals surface area contributed by atoms with Gasteiger partial charge in [0, 0.05) is 10.0 Å². The van der Waals surface area contributed by atoms with Gasteiger partial charge in [0.2, 0.25) is 0 Å². The van der Waals surface area contributed by atoms with Crippen molar-refractivity contribution in [1.82, 2.24) is 0 Å². The maximum atomic E-state index is 11.1. The first-order valence-electron chi connectivity index (χ1n) is 4.39. The fraction of sp³-hybridized carbons (Fsp3) is 0.300. The average Bonchev–Trinajstić information content (AvgIpc) is 2.91. The van der Waals surface area contributed by atoms with E-state index in [-0.39, 0.29) is 5.75 Å². The summed E-state index contributed by atoms with van der Waals surface area (Å²) in [4.78, 5) is 11.1. The molecule has 1 aromatic rings. The summed E-state index contributed by atoms with van der Waals surface area (Å²) in [6.45, 7) is 0. The standard InChI is InChI=1S/C10H8Br2O3/c11-5-3-6(8(13)7(12)4-5)10(1-2-10)9(14)15/h3-4,13H,1-2H2,(H,14,15). The molecule has 0 aromatic heterocycles. The smallest absolute Gasteiger partial charge is 0.314 e. The molecule has 0 spiro atoms. The number of carboxylic acids is 1. The van der Waals surface area contributed by atoms with Gasteiger partial charge in [-0.2, -0.15) is 0 Å². The molecule has 5 heteroatoms. The number of hydrogen-bond donors (Lipinski definition) is 2. The SMILES string of the molecule is O=C(O)C1(c2cc(Br)cc(Br)c2O)CC1. The lowest BCUT2D eigenvalue weighted by atomic mass is 9.95. The number of benzene rings is 1. The number of carboxylic acid groups (broad SMARTS) is 1. The second-order valence-corrected chi connectivity index (χ2v) is 5.44. The highest BCUT2D eigenvalue weighted by Gasteiger charge is 2.53. The quantitative estimate of drug-likeness (QED) is 0.873. The van der Waals surface area contributed by atoms with Gasteiger partial charge in [0.25, 0.3) is 0 Å². The summed E-state index contributed by atoms with van der Waals surface area (Å²) >= 11 is 6.48. The van der Waals surface area contributed by atoms with Crippen LogP contribution in [0.3, 0.4) is 0 Å². The van der Waals surface area contributed by atoms with Gasteiger partial charge in [-0.3, -0.25) is 4.79 Å². The van der Waals surface area contributed by atoms with Gasteiger partial charge in [-0.05, 0) is 40.9 Å². The molecule has 1 fully saturated rings. The maximum Gasteiger partial charge on any atom is 0.314 e. The first-order valence-corrected chi connectivity index (χ1v) is 5.98. The second kappa shape index (κ2) is 3.49. The zero-order valence-corrected chi connectivity index (χ0v) is 10.8. The molecule has 1 saturated carbocycles. The monoisotopic (exact) mass is 334 g/mol. The van der Waals surface area contributed by atoms with Crippen molar-refractivity contribution in [3.05, 3.63) is 26.6 Å². The molecule has 15 heavy (non-hydrogen) atoms. The van der Waals surface area contributed by atoms with Crippen LogP contribution in [0.1, 0.15) is 18.4 Å². The van der Waals surface area contributed by atoms with Crippen LogP contribution in [0.2, 0.25) is 0 Å². The van der Waals surface area contributed by atoms with Crippen molar-refractivity contribution in [2.45, 2.75) is 18.3 Å². The second-order valence-electron chi connectivity index (χ2n) is 3.67. The van der Waals surface area contributed by atoms with Crippen LogP contribution in [0, 0.1) is 0 Å². The molecule has 1 aromatic carbocycles. The summed E-state index contributed by atoms with van der Waals surface area (Å²) in [6.07, 6.45) is 1.16. The van der Waals surface area contributed by atoms with Crippen LogP contribution in [0.5, 0.6) is 5.75 Å². The van der Waals surface area contributed by atoms with Crippen molar-refractivity contribution in [3.8, 4) is 5.75 Å². The van der Waals surface area contributed by atoms with Crippen molar-refractivity contribution in [1.29, 1.82) is 0 Å². The summed E-state index contributed by atoms with van der Waals surface area (Å²) in [5.41, 5.74) is -0.396. The van der Waals surface area contributed by atoms with Crippen LogP contribution in [-0.2, 0) is 10.2 Å². The predicted molar refractivity (Wildman–Crippen MR) is 62.1 cm³/mol. The first kappa shape index (κ1) is 11.0. The molecule has 0 saturated heterocycles. The third-order valence-electron chi connectivity index (χ3n) is 2.70. The van der Waals surface area contributed by atoms with E-state index in [9.17, 15) is 9.90 Å². The third-order valence-corrected chi connectivity index (χ3v) is 3.77. The number of rotatable bonds is 2. The lowest BCUT2D eigenvalue weighted by molar-refractivity contribution is -0.140. The molecule has 3 nitrogen and oxygen atoms in total. The zero-order chi connectivity index (χ0) is 11.2. The number of phenolic OH excluding ortho intramolecular Hbond substituents is 1. The molecular weight excluding hydrogens is 328 g/mol. The molecule has 2 N–H and O–H groups in total. The molecule has 0 unspecified atom stereocenters. The number of carbonyl (C=O) groups is 1. The van der Waals surface area contributed by atoms with Gasteiger partial charge >= 0.3 is 5.97 Å². The van der Waals surface area contributed by atoms with E-state index in [1.807, 2.05) is 0 Å². The Morgan fingerprint density at radius 2 is 1.93 bits per heavy atom. The van der Waals surface area contributed by atoms with E-state index in [1.54, 1.807) is 12.1 Å². The average molecular weight is 336 g/mol. The van der Waals surface area contributed by atoms with Gasteiger partial charge in [-0.25, -0.2) is 0 Å². The van der Waals surface area contributed by atoms with Gasteiger partial charge in [-0.15, -0.1) is 0 Å². The largest absolute Gasteiger partial charge is 0.506 e. The zero-order valence-electron chi connectivity index (χ0n) is 7.63. The van der Waals surface area contributed by atoms with Crippen LogP contribution in [0.4, 0.5) is 0 Å². The predicted octanol–water partition coefficient (Wildman–Crippen LogP) is 3.03. The van der Waals surface area contributed by atoms with Crippen molar-refractivity contribution in [3.63, 3.8) is 0 Å². The highest BCUT2D eigenvalue weighted by Crippen LogP contribution is 2.53. The molecule has 0 radical (unpaired) electrons. The van der Waals surface area contributed by atoms with Gasteiger partial charge in [0.05, 0.1) is 9.89 Å². The molecule has 2 rings (SSSR count). The number of aromatic hydroxyl groups is 1. The Labute approximate surface area is 103 Å². The van der Waals surface area contributed by atoms with Crippen LogP contribution in [0.25, 0.3) is 0 Å². The summed E-state index contributed by atoms with van der Waals surface area (Å²) in [5.74, 6) is -0.846. The van der Waals surface area contributed by atoms with Gasteiger partial charge in [0.15, 0.2) is 0 Å². The minimum Gasteiger partial charge on any atom is -0.506 e. The summed E-state index contributed by atoms with van der Waals surface area (Å²) in [7, 11) is 0. The Bertz CT molecular complexity index is 439. The van der Waals surface area contributed by atoms with Crippen molar-refractivity contribution in [2.24, 2.45) is 0 Å². The Kier molecular flexibility index (Phi) is 2.55. The van der Waals surface area contributed by atoms with Crippen molar-refractivity contribution < 1.29 is 15.0 Å². The number of hydrogen-bond acceptors (Lipinski definition) is 2. The van der Waals surface area contributed by atoms with E-state index in [1.165, 1.54) is 0 Å². The molecule has 0 heterocycles. The van der Waals surface area contributed by atoms with Crippen LogP contribution >= 0.6 is 31.9 Å². The topological polar surface area (TPSA) is 57.5 Å². The van der Waals surface area contributed by atoms with E-state index in [0.717, 1.165) is 4.47 Å². The summed E-state index contributed by atoms with van der Waals surface area (Å²) in [5, 5.41) is 18.9. The van der Waals surface area contributed by atoms with E-state index in [0.29, 0.717) is 22.9 Å². The van der Waals surface area contributed by atoms with E-state index >= 15 is 0 Å². The van der Waals surface area contributed by atoms with E-state index < -0.39 is 11.4 Å². The highest BCUT2D eigenvalue weighted by molar-refractivity contribution is 9.11.